The molecule has 3 rings (SSSR count). The average Bonchev–Trinajstić information content (AvgIpc) is 3.39. The van der Waals surface area contributed by atoms with Gasteiger partial charge in [-0.25, -0.2) is 0 Å². The molecule has 1 fully saturated rings. The predicted octanol–water partition coefficient (Wildman–Crippen LogP) is 3.17. The molecule has 2 unspecified atom stereocenters. The summed E-state index contributed by atoms with van der Waals surface area (Å²) in [5.41, 5.74) is 0.646. The molecular weight excluding hydrogens is 320 g/mol. The molecule has 0 saturated heterocycles. The quantitative estimate of drug-likeness (QED) is 0.784. The summed E-state index contributed by atoms with van der Waals surface area (Å²) in [5, 5.41) is 9.30. The van der Waals surface area contributed by atoms with Gasteiger partial charge in [0, 0.05) is 0 Å². The molecule has 25 heavy (non-hydrogen) atoms. The minimum absolute atomic E-state index is 0.227. The third-order valence-corrected chi connectivity index (χ3v) is 4.52. The number of hydrogen-bond donors (Lipinski definition) is 1. The van der Waals surface area contributed by atoms with Crippen LogP contribution in [-0.4, -0.2) is 23.7 Å². The molecule has 2 aromatic carbocycles. The van der Waals surface area contributed by atoms with Crippen LogP contribution >= 0.6 is 0 Å². The summed E-state index contributed by atoms with van der Waals surface area (Å²) in [4.78, 5) is 23.7. The van der Waals surface area contributed by atoms with Crippen molar-refractivity contribution in [2.45, 2.75) is 25.4 Å². The van der Waals surface area contributed by atoms with E-state index >= 15 is 0 Å². The number of esters is 1. The van der Waals surface area contributed by atoms with E-state index in [1.807, 2.05) is 30.3 Å². The van der Waals surface area contributed by atoms with Gasteiger partial charge in [0.2, 0.25) is 0 Å². The van der Waals surface area contributed by atoms with E-state index in [0.717, 1.165) is 5.56 Å². The summed E-state index contributed by atoms with van der Waals surface area (Å²) in [5.74, 6) is -1.51. The molecule has 0 radical (unpaired) electrons. The first kappa shape index (κ1) is 17.0. The van der Waals surface area contributed by atoms with Crippen molar-refractivity contribution in [3.05, 3.63) is 65.7 Å². The topological polar surface area (TPSA) is 72.8 Å². The molecule has 130 valence electrons. The Labute approximate surface area is 146 Å². The minimum Gasteiger partial charge on any atom is -0.489 e. The average molecular weight is 340 g/mol. The number of benzene rings is 2. The van der Waals surface area contributed by atoms with Gasteiger partial charge in [0.25, 0.3) is 0 Å². The van der Waals surface area contributed by atoms with Gasteiger partial charge in [-0.3, -0.25) is 9.59 Å². The van der Waals surface area contributed by atoms with Gasteiger partial charge in [0.15, 0.2) is 0 Å². The summed E-state index contributed by atoms with van der Waals surface area (Å²) >= 11 is 0. The van der Waals surface area contributed by atoms with E-state index in [1.54, 1.807) is 31.2 Å². The highest BCUT2D eigenvalue weighted by Crippen LogP contribution is 2.55. The van der Waals surface area contributed by atoms with Crippen LogP contribution in [0.25, 0.3) is 0 Å². The number of carboxylic acids is 1. The SMILES string of the molecule is CCOC(=O)C1(c2ccc(OCc3ccccc3)cc2)CC1C(=O)O. The lowest BCUT2D eigenvalue weighted by Gasteiger charge is -2.16. The lowest BCUT2D eigenvalue weighted by atomic mass is 9.93. The van der Waals surface area contributed by atoms with Crippen LogP contribution in [0.15, 0.2) is 54.6 Å². The molecule has 0 spiro atoms. The van der Waals surface area contributed by atoms with Crippen molar-refractivity contribution < 1.29 is 24.2 Å². The Kier molecular flexibility index (Phi) is 4.74. The maximum Gasteiger partial charge on any atom is 0.317 e. The van der Waals surface area contributed by atoms with Crippen LogP contribution in [0.1, 0.15) is 24.5 Å². The molecule has 2 atom stereocenters. The van der Waals surface area contributed by atoms with Crippen molar-refractivity contribution in [2.24, 2.45) is 5.92 Å². The molecule has 5 nitrogen and oxygen atoms in total. The first-order valence-electron chi connectivity index (χ1n) is 8.25. The van der Waals surface area contributed by atoms with Crippen LogP contribution in [0, 0.1) is 5.92 Å². The van der Waals surface area contributed by atoms with Gasteiger partial charge in [0.05, 0.1) is 12.5 Å². The van der Waals surface area contributed by atoms with Gasteiger partial charge in [0.1, 0.15) is 17.8 Å². The summed E-state index contributed by atoms with van der Waals surface area (Å²) in [7, 11) is 0. The number of carboxylic acid groups (broad SMARTS) is 1. The fourth-order valence-electron chi connectivity index (χ4n) is 3.07. The zero-order valence-electron chi connectivity index (χ0n) is 14.0. The van der Waals surface area contributed by atoms with Crippen molar-refractivity contribution in [2.75, 3.05) is 6.61 Å². The molecule has 2 aromatic rings. The molecule has 1 aliphatic rings. The van der Waals surface area contributed by atoms with Crippen molar-refractivity contribution in [3.8, 4) is 5.75 Å². The monoisotopic (exact) mass is 340 g/mol. The number of aliphatic carboxylic acids is 1. The van der Waals surface area contributed by atoms with Crippen LogP contribution in [0.5, 0.6) is 5.75 Å². The van der Waals surface area contributed by atoms with E-state index in [9.17, 15) is 14.7 Å². The predicted molar refractivity (Wildman–Crippen MR) is 91.3 cm³/mol. The number of ether oxygens (including phenoxy) is 2. The molecule has 0 heterocycles. The summed E-state index contributed by atoms with van der Waals surface area (Å²) in [6.07, 6.45) is 0.269. The van der Waals surface area contributed by atoms with Crippen molar-refractivity contribution in [1.29, 1.82) is 0 Å². The molecule has 0 aliphatic heterocycles. The lowest BCUT2D eigenvalue weighted by molar-refractivity contribution is -0.150. The van der Waals surface area contributed by atoms with Crippen molar-refractivity contribution in [1.82, 2.24) is 0 Å². The molecule has 1 saturated carbocycles. The molecule has 0 bridgehead atoms. The van der Waals surface area contributed by atoms with Gasteiger partial charge < -0.3 is 14.6 Å². The number of hydrogen-bond acceptors (Lipinski definition) is 4. The molecule has 5 heteroatoms. The Bertz CT molecular complexity index is 753. The number of rotatable bonds is 7. The highest BCUT2D eigenvalue weighted by Gasteiger charge is 2.66. The minimum atomic E-state index is -1.07. The third kappa shape index (κ3) is 3.36. The van der Waals surface area contributed by atoms with Crippen LogP contribution in [-0.2, 0) is 26.3 Å². The smallest absolute Gasteiger partial charge is 0.317 e. The van der Waals surface area contributed by atoms with Gasteiger partial charge in [-0.2, -0.15) is 0 Å². The van der Waals surface area contributed by atoms with E-state index in [0.29, 0.717) is 17.9 Å². The third-order valence-electron chi connectivity index (χ3n) is 4.52. The highest BCUT2D eigenvalue weighted by atomic mass is 16.5. The zero-order valence-corrected chi connectivity index (χ0v) is 14.0. The standard InChI is InChI=1S/C20H20O5/c1-2-24-19(23)20(12-17(20)18(21)22)15-8-10-16(11-9-15)25-13-14-6-4-3-5-7-14/h3-11,17H,2,12-13H2,1H3,(H,21,22). The van der Waals surface area contributed by atoms with Crippen LogP contribution in [0.3, 0.4) is 0 Å². The fourth-order valence-corrected chi connectivity index (χ4v) is 3.07. The van der Waals surface area contributed by atoms with E-state index < -0.39 is 23.3 Å². The number of carbonyl (C=O) groups excluding carboxylic acids is 1. The zero-order chi connectivity index (χ0) is 17.9. The van der Waals surface area contributed by atoms with E-state index in [-0.39, 0.29) is 13.0 Å². The summed E-state index contributed by atoms with van der Waals surface area (Å²) in [6.45, 7) is 2.39. The maximum atomic E-state index is 12.3. The van der Waals surface area contributed by atoms with E-state index in [4.69, 9.17) is 9.47 Å². The second-order valence-corrected chi connectivity index (χ2v) is 6.09. The first-order valence-corrected chi connectivity index (χ1v) is 8.25. The summed E-state index contributed by atoms with van der Waals surface area (Å²) in [6, 6.07) is 16.8. The van der Waals surface area contributed by atoms with Crippen LogP contribution in [0.2, 0.25) is 0 Å². The molecule has 1 aliphatic carbocycles. The Balaban J connectivity index is 1.74. The number of carbonyl (C=O) groups is 2. The van der Waals surface area contributed by atoms with Crippen molar-refractivity contribution >= 4 is 11.9 Å². The second kappa shape index (κ2) is 6.97. The Morgan fingerprint density at radius 2 is 1.80 bits per heavy atom. The normalized spacial score (nSPS) is 21.4. The maximum absolute atomic E-state index is 12.3. The Morgan fingerprint density at radius 3 is 2.36 bits per heavy atom. The second-order valence-electron chi connectivity index (χ2n) is 6.09. The van der Waals surface area contributed by atoms with Crippen LogP contribution in [0.4, 0.5) is 0 Å². The fraction of sp³-hybridized carbons (Fsp3) is 0.300. The van der Waals surface area contributed by atoms with Crippen LogP contribution < -0.4 is 4.74 Å². The Hall–Kier alpha value is -2.82. The van der Waals surface area contributed by atoms with E-state index in [2.05, 4.69) is 0 Å². The molecule has 0 aromatic heterocycles. The van der Waals surface area contributed by atoms with Gasteiger partial charge in [-0.15, -0.1) is 0 Å². The Morgan fingerprint density at radius 1 is 1.12 bits per heavy atom. The highest BCUT2D eigenvalue weighted by molar-refractivity contribution is 5.95. The largest absolute Gasteiger partial charge is 0.489 e. The van der Waals surface area contributed by atoms with E-state index in [1.165, 1.54) is 0 Å². The molecule has 1 N–H and O–H groups in total. The van der Waals surface area contributed by atoms with Gasteiger partial charge in [-0.1, -0.05) is 42.5 Å². The first-order chi connectivity index (χ1) is 12.1. The van der Waals surface area contributed by atoms with Gasteiger partial charge >= 0.3 is 11.9 Å². The summed E-state index contributed by atoms with van der Waals surface area (Å²) < 4.78 is 10.8. The molecular formula is C20H20O5. The van der Waals surface area contributed by atoms with Crippen molar-refractivity contribution in [3.63, 3.8) is 0 Å². The molecule has 0 amide bonds. The lowest BCUT2D eigenvalue weighted by Crippen LogP contribution is -2.27. The van der Waals surface area contributed by atoms with Gasteiger partial charge in [-0.05, 0) is 36.6 Å².